The van der Waals surface area contributed by atoms with Crippen molar-refractivity contribution >= 4 is 28.3 Å². The number of hydrogen-bond acceptors (Lipinski definition) is 6. The van der Waals surface area contributed by atoms with Gasteiger partial charge < -0.3 is 25.5 Å². The van der Waals surface area contributed by atoms with E-state index in [-0.39, 0.29) is 11.5 Å². The van der Waals surface area contributed by atoms with Crippen molar-refractivity contribution < 1.29 is 19.4 Å². The number of anilines is 1. The second kappa shape index (κ2) is 7.79. The van der Waals surface area contributed by atoms with E-state index in [1.807, 2.05) is 24.3 Å². The van der Waals surface area contributed by atoms with Crippen LogP contribution in [0.4, 0.5) is 5.69 Å². The molecule has 0 unspecified atom stereocenters. The summed E-state index contributed by atoms with van der Waals surface area (Å²) in [6.45, 7) is 6.33. The molecule has 0 fully saturated rings. The molecule has 0 aliphatic heterocycles. The standard InChI is InChI=1S/C23H21N3O4/c1-3-30-23(29)19-11-15-10-16(7-8-18(15)26-19)25-21-20(13(2)22(21)28)24-12-14-5-4-6-17(27)9-14/h4-11,24-27H,2-3,12H2,1H3. The molecule has 0 atom stereocenters. The Bertz CT molecular complexity index is 1210. The zero-order chi connectivity index (χ0) is 21.3. The number of H-pyrrole nitrogens is 1. The molecule has 1 aliphatic carbocycles. The third-order valence-electron chi connectivity index (χ3n) is 4.82. The molecule has 4 rings (SSSR count). The lowest BCUT2D eigenvalue weighted by Crippen LogP contribution is -2.34. The molecule has 0 bridgehead atoms. The highest BCUT2D eigenvalue weighted by molar-refractivity contribution is 6.20. The predicted molar refractivity (Wildman–Crippen MR) is 114 cm³/mol. The first kappa shape index (κ1) is 19.3. The van der Waals surface area contributed by atoms with Gasteiger partial charge in [0.15, 0.2) is 0 Å². The van der Waals surface area contributed by atoms with Crippen molar-refractivity contribution in [1.29, 1.82) is 0 Å². The summed E-state index contributed by atoms with van der Waals surface area (Å²) >= 11 is 0. The van der Waals surface area contributed by atoms with Crippen LogP contribution < -0.4 is 10.6 Å². The molecule has 0 spiro atoms. The van der Waals surface area contributed by atoms with Gasteiger partial charge in [-0.05, 0) is 48.9 Å². The van der Waals surface area contributed by atoms with Gasteiger partial charge in [-0.25, -0.2) is 4.79 Å². The average Bonchev–Trinajstić information content (AvgIpc) is 3.16. The number of Topliss-reactive ketones (excluding diaryl/α,β-unsaturated/α-hetero) is 1. The molecule has 4 N–H and O–H groups in total. The number of carbonyl (C=O) groups excluding carboxylic acids is 2. The third-order valence-corrected chi connectivity index (χ3v) is 4.82. The molecule has 0 saturated carbocycles. The van der Waals surface area contributed by atoms with Crippen molar-refractivity contribution in [2.75, 3.05) is 11.9 Å². The highest BCUT2D eigenvalue weighted by atomic mass is 16.5. The maximum absolute atomic E-state index is 12.3. The van der Waals surface area contributed by atoms with Gasteiger partial charge in [0, 0.05) is 28.7 Å². The van der Waals surface area contributed by atoms with Crippen LogP contribution in [0.15, 0.2) is 72.1 Å². The SMILES string of the molecule is C=C1C(=O)C(Nc2ccc3[nH]c(C(=O)OCC)cc3c2)=C1NCc1cccc(O)c1. The van der Waals surface area contributed by atoms with Crippen LogP contribution in [-0.4, -0.2) is 28.4 Å². The Morgan fingerprint density at radius 1 is 1.17 bits per heavy atom. The number of ketones is 1. The van der Waals surface area contributed by atoms with Crippen molar-refractivity contribution in [3.05, 3.63) is 83.3 Å². The van der Waals surface area contributed by atoms with Gasteiger partial charge in [0.05, 0.1) is 12.3 Å². The van der Waals surface area contributed by atoms with Gasteiger partial charge in [0.2, 0.25) is 5.78 Å². The van der Waals surface area contributed by atoms with Gasteiger partial charge in [0.25, 0.3) is 0 Å². The molecule has 1 aromatic heterocycles. The maximum atomic E-state index is 12.3. The fourth-order valence-electron chi connectivity index (χ4n) is 3.31. The van der Waals surface area contributed by atoms with E-state index in [1.54, 1.807) is 31.2 Å². The van der Waals surface area contributed by atoms with Crippen LogP contribution in [-0.2, 0) is 16.1 Å². The quantitative estimate of drug-likeness (QED) is 0.355. The summed E-state index contributed by atoms with van der Waals surface area (Å²) in [4.78, 5) is 27.2. The van der Waals surface area contributed by atoms with Crippen LogP contribution in [0.5, 0.6) is 5.75 Å². The molecule has 1 aliphatic rings. The molecule has 30 heavy (non-hydrogen) atoms. The number of aromatic nitrogens is 1. The lowest BCUT2D eigenvalue weighted by atomic mass is 9.92. The summed E-state index contributed by atoms with van der Waals surface area (Å²) < 4.78 is 5.02. The summed E-state index contributed by atoms with van der Waals surface area (Å²) in [5.41, 5.74) is 4.25. The van der Waals surface area contributed by atoms with Crippen molar-refractivity contribution in [3.63, 3.8) is 0 Å². The summed E-state index contributed by atoms with van der Waals surface area (Å²) in [6, 6.07) is 14.1. The molecule has 3 aromatic rings. The number of benzene rings is 2. The van der Waals surface area contributed by atoms with E-state index in [9.17, 15) is 14.7 Å². The second-order valence-corrected chi connectivity index (χ2v) is 6.91. The topological polar surface area (TPSA) is 103 Å². The van der Waals surface area contributed by atoms with E-state index < -0.39 is 5.97 Å². The van der Waals surface area contributed by atoms with Crippen LogP contribution in [0.3, 0.4) is 0 Å². The monoisotopic (exact) mass is 403 g/mol. The normalized spacial score (nSPS) is 13.4. The molecule has 152 valence electrons. The fraction of sp³-hybridized carbons (Fsp3) is 0.130. The molecule has 2 aromatic carbocycles. The molecule has 7 nitrogen and oxygen atoms in total. The minimum absolute atomic E-state index is 0.158. The van der Waals surface area contributed by atoms with Crippen molar-refractivity contribution in [2.24, 2.45) is 0 Å². The van der Waals surface area contributed by atoms with E-state index in [0.29, 0.717) is 41.5 Å². The lowest BCUT2D eigenvalue weighted by Gasteiger charge is -2.27. The fourth-order valence-corrected chi connectivity index (χ4v) is 3.31. The van der Waals surface area contributed by atoms with Crippen LogP contribution in [0.1, 0.15) is 23.0 Å². The molecular weight excluding hydrogens is 382 g/mol. The minimum atomic E-state index is -0.408. The Kier molecular flexibility index (Phi) is 5.02. The Labute approximate surface area is 173 Å². The molecule has 7 heteroatoms. The number of phenols is 1. The number of allylic oxidation sites excluding steroid dienone is 2. The summed E-state index contributed by atoms with van der Waals surface area (Å²) in [6.07, 6.45) is 0. The van der Waals surface area contributed by atoms with Crippen molar-refractivity contribution in [2.45, 2.75) is 13.5 Å². The summed E-state index contributed by atoms with van der Waals surface area (Å²) in [7, 11) is 0. The largest absolute Gasteiger partial charge is 0.508 e. The van der Waals surface area contributed by atoms with Gasteiger partial charge >= 0.3 is 5.97 Å². The minimum Gasteiger partial charge on any atom is -0.508 e. The molecule has 0 radical (unpaired) electrons. The van der Waals surface area contributed by atoms with Gasteiger partial charge in [-0.1, -0.05) is 18.7 Å². The predicted octanol–water partition coefficient (Wildman–Crippen LogP) is 3.60. The first-order valence-electron chi connectivity index (χ1n) is 9.53. The Hall–Kier alpha value is -4.00. The average molecular weight is 403 g/mol. The number of rotatable bonds is 7. The van der Waals surface area contributed by atoms with E-state index in [4.69, 9.17) is 4.74 Å². The smallest absolute Gasteiger partial charge is 0.354 e. The van der Waals surface area contributed by atoms with E-state index in [0.717, 1.165) is 16.5 Å². The molecule has 1 heterocycles. The maximum Gasteiger partial charge on any atom is 0.354 e. The number of carbonyl (C=O) groups is 2. The van der Waals surface area contributed by atoms with Crippen molar-refractivity contribution in [1.82, 2.24) is 10.3 Å². The van der Waals surface area contributed by atoms with Crippen LogP contribution in [0.2, 0.25) is 0 Å². The number of phenolic OH excluding ortho intramolecular Hbond substituents is 1. The number of hydrogen-bond donors (Lipinski definition) is 4. The van der Waals surface area contributed by atoms with E-state index >= 15 is 0 Å². The number of ether oxygens (including phenoxy) is 1. The van der Waals surface area contributed by atoms with E-state index in [1.165, 1.54) is 0 Å². The van der Waals surface area contributed by atoms with Gasteiger partial charge in [-0.2, -0.15) is 0 Å². The lowest BCUT2D eigenvalue weighted by molar-refractivity contribution is -0.113. The van der Waals surface area contributed by atoms with Gasteiger partial charge in [-0.15, -0.1) is 0 Å². The van der Waals surface area contributed by atoms with Crippen molar-refractivity contribution in [3.8, 4) is 5.75 Å². The van der Waals surface area contributed by atoms with Gasteiger partial charge in [-0.3, -0.25) is 4.79 Å². The molecule has 0 saturated heterocycles. The number of esters is 1. The zero-order valence-electron chi connectivity index (χ0n) is 16.4. The van der Waals surface area contributed by atoms with Gasteiger partial charge in [0.1, 0.15) is 17.1 Å². The van der Waals surface area contributed by atoms with Crippen LogP contribution in [0.25, 0.3) is 10.9 Å². The molecule has 0 amide bonds. The highest BCUT2D eigenvalue weighted by Crippen LogP contribution is 2.30. The van der Waals surface area contributed by atoms with Crippen LogP contribution >= 0.6 is 0 Å². The van der Waals surface area contributed by atoms with Crippen LogP contribution in [0, 0.1) is 0 Å². The number of nitrogens with one attached hydrogen (secondary N) is 3. The Balaban J connectivity index is 1.53. The van der Waals surface area contributed by atoms with E-state index in [2.05, 4.69) is 22.2 Å². The summed E-state index contributed by atoms with van der Waals surface area (Å²) in [5, 5.41) is 16.8. The Morgan fingerprint density at radius 2 is 2.00 bits per heavy atom. The highest BCUT2D eigenvalue weighted by Gasteiger charge is 2.32. The molecular formula is C23H21N3O4. The first-order valence-corrected chi connectivity index (χ1v) is 9.53. The first-order chi connectivity index (χ1) is 14.5. The second-order valence-electron chi connectivity index (χ2n) is 6.91. The number of aromatic amines is 1. The number of aromatic hydroxyl groups is 1. The Morgan fingerprint density at radius 3 is 2.77 bits per heavy atom. The summed E-state index contributed by atoms with van der Waals surface area (Å²) in [5.74, 6) is -0.378. The number of fused-ring (bicyclic) bond motifs is 1. The zero-order valence-corrected chi connectivity index (χ0v) is 16.4. The third kappa shape index (κ3) is 3.65.